The summed E-state index contributed by atoms with van der Waals surface area (Å²) in [6.45, 7) is 5.79. The molecule has 140 valence electrons. The molecule has 0 aliphatic carbocycles. The van der Waals surface area contributed by atoms with E-state index in [-0.39, 0.29) is 30.2 Å². The number of nitriles is 1. The van der Waals surface area contributed by atoms with E-state index in [0.29, 0.717) is 17.8 Å². The van der Waals surface area contributed by atoms with E-state index in [2.05, 4.69) is 11.9 Å². The van der Waals surface area contributed by atoms with Gasteiger partial charge in [-0.3, -0.25) is 9.59 Å². The summed E-state index contributed by atoms with van der Waals surface area (Å²) in [6.07, 6.45) is 2.73. The second-order valence-corrected chi connectivity index (χ2v) is 5.81. The number of anilines is 1. The standard InChI is InChI=1S/C20H21N3O4/c1-3-5-11-23-16-9-7-6-8-14(16)19(25)18(23)15(13-21)20(26)22-10-12-27-17(24)4-2/h4,6-9H,2-3,5,10-12H2,1H3,(H,22,26)/b18-15+. The fourth-order valence-corrected chi connectivity index (χ4v) is 2.74. The summed E-state index contributed by atoms with van der Waals surface area (Å²) in [5, 5.41) is 12.0. The van der Waals surface area contributed by atoms with Gasteiger partial charge in [-0.15, -0.1) is 0 Å². The number of nitrogens with one attached hydrogen (secondary N) is 1. The van der Waals surface area contributed by atoms with Gasteiger partial charge in [0.1, 0.15) is 23.9 Å². The molecule has 2 rings (SSSR count). The van der Waals surface area contributed by atoms with Gasteiger partial charge in [0.15, 0.2) is 0 Å². The Labute approximate surface area is 157 Å². The van der Waals surface area contributed by atoms with Gasteiger partial charge in [0, 0.05) is 18.2 Å². The molecule has 1 aromatic rings. The molecule has 7 nitrogen and oxygen atoms in total. The number of esters is 1. The molecule has 0 saturated carbocycles. The quantitative estimate of drug-likeness (QED) is 0.327. The summed E-state index contributed by atoms with van der Waals surface area (Å²) in [6, 6.07) is 8.91. The minimum atomic E-state index is -0.676. The Bertz CT molecular complexity index is 836. The summed E-state index contributed by atoms with van der Waals surface area (Å²) in [4.78, 5) is 38.0. The summed E-state index contributed by atoms with van der Waals surface area (Å²) >= 11 is 0. The zero-order chi connectivity index (χ0) is 19.8. The Morgan fingerprint density at radius 2 is 2.11 bits per heavy atom. The number of hydrogen-bond donors (Lipinski definition) is 1. The van der Waals surface area contributed by atoms with Gasteiger partial charge < -0.3 is 15.0 Å². The predicted octanol–water partition coefficient (Wildman–Crippen LogP) is 2.11. The van der Waals surface area contributed by atoms with Gasteiger partial charge in [-0.2, -0.15) is 5.26 Å². The predicted molar refractivity (Wildman–Crippen MR) is 99.8 cm³/mol. The van der Waals surface area contributed by atoms with Crippen molar-refractivity contribution in [2.24, 2.45) is 0 Å². The monoisotopic (exact) mass is 367 g/mol. The lowest BCUT2D eigenvalue weighted by Gasteiger charge is -2.21. The van der Waals surface area contributed by atoms with Crippen molar-refractivity contribution >= 4 is 23.3 Å². The van der Waals surface area contributed by atoms with Crippen molar-refractivity contribution in [3.05, 3.63) is 53.8 Å². The first kappa shape index (κ1) is 19.9. The first-order valence-electron chi connectivity index (χ1n) is 8.68. The van der Waals surface area contributed by atoms with Crippen LogP contribution in [0.3, 0.4) is 0 Å². The number of carbonyl (C=O) groups is 3. The van der Waals surface area contributed by atoms with E-state index in [1.807, 2.05) is 19.1 Å². The van der Waals surface area contributed by atoms with E-state index in [1.165, 1.54) is 0 Å². The zero-order valence-corrected chi connectivity index (χ0v) is 15.2. The van der Waals surface area contributed by atoms with Crippen LogP contribution in [0, 0.1) is 11.3 Å². The van der Waals surface area contributed by atoms with Gasteiger partial charge in [0.05, 0.1) is 12.2 Å². The van der Waals surface area contributed by atoms with Crippen LogP contribution in [0.4, 0.5) is 5.69 Å². The number of nitrogens with zero attached hydrogens (tertiary/aromatic N) is 2. The molecule has 0 unspecified atom stereocenters. The van der Waals surface area contributed by atoms with Gasteiger partial charge in [0.25, 0.3) is 5.91 Å². The normalized spacial score (nSPS) is 14.2. The third-order valence-electron chi connectivity index (χ3n) is 4.03. The van der Waals surface area contributed by atoms with Gasteiger partial charge >= 0.3 is 5.97 Å². The van der Waals surface area contributed by atoms with Crippen LogP contribution in [-0.2, 0) is 14.3 Å². The van der Waals surface area contributed by atoms with Crippen LogP contribution in [0.5, 0.6) is 0 Å². The lowest BCUT2D eigenvalue weighted by Crippen LogP contribution is -2.32. The Morgan fingerprint density at radius 3 is 2.78 bits per heavy atom. The number of Topliss-reactive ketones (excluding diaryl/α,β-unsaturated/α-hetero) is 1. The van der Waals surface area contributed by atoms with Crippen LogP contribution in [0.1, 0.15) is 30.1 Å². The number of benzene rings is 1. The van der Waals surface area contributed by atoms with Gasteiger partial charge in [0.2, 0.25) is 5.78 Å². The van der Waals surface area contributed by atoms with Gasteiger partial charge in [-0.05, 0) is 18.6 Å². The molecule has 0 fully saturated rings. The lowest BCUT2D eigenvalue weighted by molar-refractivity contribution is -0.138. The van der Waals surface area contributed by atoms with E-state index >= 15 is 0 Å². The number of carbonyl (C=O) groups excluding carboxylic acids is 3. The van der Waals surface area contributed by atoms with Crippen molar-refractivity contribution in [2.45, 2.75) is 19.8 Å². The van der Waals surface area contributed by atoms with Crippen LogP contribution in [0.2, 0.25) is 0 Å². The topological polar surface area (TPSA) is 99.5 Å². The maximum absolute atomic E-state index is 12.8. The maximum atomic E-state index is 12.8. The van der Waals surface area contributed by atoms with Gasteiger partial charge in [-0.25, -0.2) is 4.79 Å². The number of unbranched alkanes of at least 4 members (excludes halogenated alkanes) is 1. The summed E-state index contributed by atoms with van der Waals surface area (Å²) in [5.74, 6) is -1.62. The van der Waals surface area contributed by atoms with E-state index in [0.717, 1.165) is 18.9 Å². The third kappa shape index (κ3) is 4.42. The fraction of sp³-hybridized carbons (Fsp3) is 0.300. The van der Waals surface area contributed by atoms with Crippen molar-refractivity contribution in [3.63, 3.8) is 0 Å². The molecule has 0 radical (unpaired) electrons. The number of rotatable bonds is 8. The molecular weight excluding hydrogens is 346 g/mol. The number of allylic oxidation sites excluding steroid dienone is 1. The molecule has 1 aliphatic rings. The van der Waals surface area contributed by atoms with Crippen molar-refractivity contribution in [3.8, 4) is 6.07 Å². The van der Waals surface area contributed by atoms with Crippen LogP contribution < -0.4 is 10.2 Å². The summed E-state index contributed by atoms with van der Waals surface area (Å²) in [5.41, 5.74) is 1.02. The van der Waals surface area contributed by atoms with Crippen molar-refractivity contribution in [1.29, 1.82) is 5.26 Å². The second kappa shape index (κ2) is 9.34. The van der Waals surface area contributed by atoms with Crippen LogP contribution in [0.15, 0.2) is 48.2 Å². The van der Waals surface area contributed by atoms with Crippen molar-refractivity contribution in [2.75, 3.05) is 24.6 Å². The minimum absolute atomic E-state index is 0.0208. The molecule has 1 amide bonds. The molecule has 0 atom stereocenters. The number of amides is 1. The highest BCUT2D eigenvalue weighted by Gasteiger charge is 2.36. The molecule has 1 heterocycles. The first-order valence-corrected chi connectivity index (χ1v) is 8.68. The molecule has 0 aromatic heterocycles. The number of hydrogen-bond acceptors (Lipinski definition) is 6. The molecule has 7 heteroatoms. The summed E-state index contributed by atoms with van der Waals surface area (Å²) < 4.78 is 4.78. The van der Waals surface area contributed by atoms with Crippen molar-refractivity contribution < 1.29 is 19.1 Å². The highest BCUT2D eigenvalue weighted by molar-refractivity contribution is 6.23. The number of ether oxygens (including phenoxy) is 1. The first-order chi connectivity index (χ1) is 13.0. The van der Waals surface area contributed by atoms with Crippen LogP contribution >= 0.6 is 0 Å². The average molecular weight is 367 g/mol. The Morgan fingerprint density at radius 1 is 1.37 bits per heavy atom. The smallest absolute Gasteiger partial charge is 0.330 e. The van der Waals surface area contributed by atoms with Crippen LogP contribution in [-0.4, -0.2) is 37.4 Å². The van der Waals surface area contributed by atoms with Gasteiger partial charge in [-0.1, -0.05) is 32.1 Å². The second-order valence-electron chi connectivity index (χ2n) is 5.81. The number of fused-ring (bicyclic) bond motifs is 1. The van der Waals surface area contributed by atoms with E-state index < -0.39 is 11.9 Å². The van der Waals surface area contributed by atoms with Crippen molar-refractivity contribution in [1.82, 2.24) is 5.32 Å². The Balaban J connectivity index is 2.25. The molecule has 0 saturated heterocycles. The number of para-hydroxylation sites is 1. The zero-order valence-electron chi connectivity index (χ0n) is 15.2. The molecular formula is C20H21N3O4. The Hall–Kier alpha value is -3.40. The molecule has 0 bridgehead atoms. The largest absolute Gasteiger partial charge is 0.461 e. The van der Waals surface area contributed by atoms with Crippen LogP contribution in [0.25, 0.3) is 0 Å². The molecule has 27 heavy (non-hydrogen) atoms. The summed E-state index contributed by atoms with van der Waals surface area (Å²) in [7, 11) is 0. The number of ketones is 1. The Kier molecular flexibility index (Phi) is 6.89. The fourth-order valence-electron chi connectivity index (χ4n) is 2.74. The molecule has 1 aliphatic heterocycles. The minimum Gasteiger partial charge on any atom is -0.461 e. The van der Waals surface area contributed by atoms with E-state index in [4.69, 9.17) is 4.74 Å². The highest BCUT2D eigenvalue weighted by Crippen LogP contribution is 2.36. The molecule has 1 N–H and O–H groups in total. The van der Waals surface area contributed by atoms with E-state index in [9.17, 15) is 19.6 Å². The maximum Gasteiger partial charge on any atom is 0.330 e. The lowest BCUT2D eigenvalue weighted by atomic mass is 10.1. The molecule has 0 spiro atoms. The SMILES string of the molecule is C=CC(=O)OCCNC(=O)/C(C#N)=C1\C(=O)c2ccccc2N1CCCC. The molecule has 1 aromatic carbocycles. The highest BCUT2D eigenvalue weighted by atomic mass is 16.5. The van der Waals surface area contributed by atoms with E-state index in [1.54, 1.807) is 23.1 Å². The average Bonchev–Trinajstić information content (AvgIpc) is 2.96. The third-order valence-corrected chi connectivity index (χ3v) is 4.03.